The summed E-state index contributed by atoms with van der Waals surface area (Å²) in [6, 6.07) is 8.51. The number of allylic oxidation sites excluding steroid dienone is 1. The lowest BCUT2D eigenvalue weighted by Crippen LogP contribution is -2.48. The van der Waals surface area contributed by atoms with Crippen molar-refractivity contribution in [3.63, 3.8) is 0 Å². The summed E-state index contributed by atoms with van der Waals surface area (Å²) in [5.74, 6) is -0.645. The predicted molar refractivity (Wildman–Crippen MR) is 82.6 cm³/mol. The monoisotopic (exact) mass is 293 g/mol. The van der Waals surface area contributed by atoms with Crippen LogP contribution in [0.3, 0.4) is 0 Å². The highest BCUT2D eigenvalue weighted by Crippen LogP contribution is 2.26. The molecule has 0 fully saturated rings. The van der Waals surface area contributed by atoms with Crippen molar-refractivity contribution in [2.24, 2.45) is 0 Å². The fourth-order valence-corrected chi connectivity index (χ4v) is 2.34. The Labute approximate surface area is 126 Å². The Kier molecular flexibility index (Phi) is 5.67. The van der Waals surface area contributed by atoms with Crippen LogP contribution in [0.15, 0.2) is 42.5 Å². The molecule has 21 heavy (non-hydrogen) atoms. The maximum Gasteiger partial charge on any atom is 0.260 e. The first-order valence-corrected chi connectivity index (χ1v) is 7.00. The first kappa shape index (κ1) is 17.4. The molecule has 0 aromatic heterocycles. The first-order valence-electron chi connectivity index (χ1n) is 7.00. The Bertz CT molecular complexity index is 499. The van der Waals surface area contributed by atoms with Gasteiger partial charge < -0.3 is 10.0 Å². The topological polar surface area (TPSA) is 40.5 Å². The number of carbonyl (C=O) groups excluding carboxylic acids is 1. The molecule has 1 aromatic rings. The van der Waals surface area contributed by atoms with Crippen LogP contribution in [0.4, 0.5) is 4.39 Å². The highest BCUT2D eigenvalue weighted by molar-refractivity contribution is 5.85. The van der Waals surface area contributed by atoms with Crippen molar-refractivity contribution >= 4 is 5.91 Å². The smallest absolute Gasteiger partial charge is 0.260 e. The lowest BCUT2D eigenvalue weighted by molar-refractivity contribution is -0.145. The van der Waals surface area contributed by atoms with E-state index in [0.29, 0.717) is 11.1 Å². The Morgan fingerprint density at radius 1 is 1.43 bits per heavy atom. The molecule has 0 saturated heterocycles. The lowest BCUT2D eigenvalue weighted by Gasteiger charge is -2.33. The summed E-state index contributed by atoms with van der Waals surface area (Å²) in [4.78, 5) is 13.5. The van der Waals surface area contributed by atoms with Gasteiger partial charge in [0, 0.05) is 13.5 Å². The van der Waals surface area contributed by atoms with Crippen LogP contribution in [0.2, 0.25) is 0 Å². The molecule has 116 valence electrons. The largest absolute Gasteiger partial charge is 0.386 e. The number of alkyl halides is 1. The highest BCUT2D eigenvalue weighted by Gasteiger charge is 2.38. The van der Waals surface area contributed by atoms with Gasteiger partial charge in [-0.3, -0.25) is 4.79 Å². The molecule has 4 heteroatoms. The van der Waals surface area contributed by atoms with Crippen molar-refractivity contribution in [3.8, 4) is 0 Å². The molecule has 0 saturated carbocycles. The fourth-order valence-electron chi connectivity index (χ4n) is 2.34. The van der Waals surface area contributed by atoms with Crippen LogP contribution >= 0.6 is 0 Å². The Hall–Kier alpha value is -1.68. The number of rotatable bonds is 6. The van der Waals surface area contributed by atoms with Gasteiger partial charge in [0.1, 0.15) is 0 Å². The van der Waals surface area contributed by atoms with Crippen LogP contribution in [-0.2, 0) is 4.79 Å². The van der Waals surface area contributed by atoms with Crippen molar-refractivity contribution in [1.29, 1.82) is 0 Å². The van der Waals surface area contributed by atoms with Gasteiger partial charge in [0.2, 0.25) is 0 Å². The Morgan fingerprint density at radius 3 is 2.43 bits per heavy atom. The molecule has 3 atom stereocenters. The summed E-state index contributed by atoms with van der Waals surface area (Å²) in [7, 11) is 1.51. The van der Waals surface area contributed by atoms with Crippen molar-refractivity contribution in [2.45, 2.75) is 45.0 Å². The van der Waals surface area contributed by atoms with Crippen molar-refractivity contribution < 1.29 is 14.3 Å². The van der Waals surface area contributed by atoms with E-state index >= 15 is 0 Å². The van der Waals surface area contributed by atoms with Crippen LogP contribution in [0, 0.1) is 0 Å². The Balaban J connectivity index is 2.84. The number of nitrogens with zero attached hydrogens (tertiary/aromatic N) is 1. The van der Waals surface area contributed by atoms with Gasteiger partial charge in [0.05, 0.1) is 12.1 Å². The van der Waals surface area contributed by atoms with E-state index in [1.165, 1.54) is 18.9 Å². The summed E-state index contributed by atoms with van der Waals surface area (Å²) < 4.78 is 14.5. The highest BCUT2D eigenvalue weighted by atomic mass is 19.1. The zero-order valence-electron chi connectivity index (χ0n) is 13.1. The number of aliphatic hydroxyl groups is 1. The van der Waals surface area contributed by atoms with Gasteiger partial charge in [-0.25, -0.2) is 4.39 Å². The SMILES string of the molecule is C=C(C)C[C@](C)(F)C(=O)N(C)[C@@H](C)[C@@H](O)c1ccccc1. The maximum absolute atomic E-state index is 14.5. The molecule has 0 spiro atoms. The average molecular weight is 293 g/mol. The molecule has 0 aliphatic heterocycles. The van der Waals surface area contributed by atoms with Crippen LogP contribution in [-0.4, -0.2) is 34.7 Å². The van der Waals surface area contributed by atoms with E-state index in [0.717, 1.165) is 0 Å². The second kappa shape index (κ2) is 6.85. The van der Waals surface area contributed by atoms with Crippen LogP contribution < -0.4 is 0 Å². The fraction of sp³-hybridized carbons (Fsp3) is 0.471. The normalized spacial score (nSPS) is 16.7. The molecule has 0 unspecified atom stereocenters. The molecule has 3 nitrogen and oxygen atoms in total. The number of aliphatic hydroxyl groups excluding tert-OH is 1. The van der Waals surface area contributed by atoms with Crippen molar-refractivity contribution in [1.82, 2.24) is 4.90 Å². The summed E-state index contributed by atoms with van der Waals surface area (Å²) in [6.45, 7) is 8.29. The van der Waals surface area contributed by atoms with E-state index in [1.807, 2.05) is 18.2 Å². The lowest BCUT2D eigenvalue weighted by atomic mass is 9.96. The van der Waals surface area contributed by atoms with E-state index in [-0.39, 0.29) is 6.42 Å². The number of amides is 1. The molecule has 1 N–H and O–H groups in total. The molecule has 1 amide bonds. The molecule has 0 heterocycles. The van der Waals surface area contributed by atoms with E-state index in [4.69, 9.17) is 0 Å². The summed E-state index contributed by atoms with van der Waals surface area (Å²) in [5.41, 5.74) is -0.700. The number of likely N-dealkylation sites (N-methyl/N-ethyl adjacent to an activating group) is 1. The van der Waals surface area contributed by atoms with Gasteiger partial charge in [-0.15, -0.1) is 6.58 Å². The Morgan fingerprint density at radius 2 is 1.95 bits per heavy atom. The van der Waals surface area contributed by atoms with Crippen molar-refractivity contribution in [2.75, 3.05) is 7.05 Å². The van der Waals surface area contributed by atoms with E-state index < -0.39 is 23.7 Å². The number of hydrogen-bond acceptors (Lipinski definition) is 2. The number of halogens is 1. The minimum absolute atomic E-state index is 0.0235. The molecule has 1 rings (SSSR count). The zero-order valence-corrected chi connectivity index (χ0v) is 13.1. The van der Waals surface area contributed by atoms with Crippen LogP contribution in [0.25, 0.3) is 0 Å². The second-order valence-electron chi connectivity index (χ2n) is 5.84. The quantitative estimate of drug-likeness (QED) is 0.818. The molecule has 0 radical (unpaired) electrons. The summed E-state index contributed by atoms with van der Waals surface area (Å²) in [5, 5.41) is 10.3. The van der Waals surface area contributed by atoms with E-state index in [2.05, 4.69) is 6.58 Å². The van der Waals surface area contributed by atoms with Gasteiger partial charge in [-0.1, -0.05) is 35.9 Å². The van der Waals surface area contributed by atoms with Crippen LogP contribution in [0.5, 0.6) is 0 Å². The molecule has 0 bridgehead atoms. The number of benzene rings is 1. The standard InChI is InChI=1S/C17H24FNO2/c1-12(2)11-17(4,18)16(21)19(5)13(3)15(20)14-9-7-6-8-10-14/h6-10,13,15,20H,1,11H2,2-5H3/t13-,15+,17-/m0/s1. The van der Waals surface area contributed by atoms with Gasteiger partial charge in [-0.05, 0) is 26.3 Å². The van der Waals surface area contributed by atoms with Gasteiger partial charge in [0.25, 0.3) is 5.91 Å². The van der Waals surface area contributed by atoms with Crippen molar-refractivity contribution in [3.05, 3.63) is 48.0 Å². The van der Waals surface area contributed by atoms with E-state index in [9.17, 15) is 14.3 Å². The molecular weight excluding hydrogens is 269 g/mol. The maximum atomic E-state index is 14.5. The number of hydrogen-bond donors (Lipinski definition) is 1. The number of carbonyl (C=O) groups is 1. The summed E-state index contributed by atoms with van der Waals surface area (Å²) in [6.07, 6.45) is -0.884. The predicted octanol–water partition coefficient (Wildman–Crippen LogP) is 3.26. The molecule has 0 aliphatic rings. The molecular formula is C17H24FNO2. The molecule has 1 aromatic carbocycles. The van der Waals surface area contributed by atoms with Gasteiger partial charge in [-0.2, -0.15) is 0 Å². The third-order valence-corrected chi connectivity index (χ3v) is 3.61. The van der Waals surface area contributed by atoms with E-state index in [1.54, 1.807) is 26.0 Å². The van der Waals surface area contributed by atoms with Crippen LogP contribution in [0.1, 0.15) is 38.9 Å². The minimum atomic E-state index is -2.01. The molecule has 0 aliphatic carbocycles. The van der Waals surface area contributed by atoms with Gasteiger partial charge >= 0.3 is 0 Å². The third kappa shape index (κ3) is 4.39. The first-order chi connectivity index (χ1) is 9.66. The van der Waals surface area contributed by atoms with Gasteiger partial charge in [0.15, 0.2) is 5.67 Å². The summed E-state index contributed by atoms with van der Waals surface area (Å²) >= 11 is 0. The minimum Gasteiger partial charge on any atom is -0.386 e. The third-order valence-electron chi connectivity index (χ3n) is 3.61. The average Bonchev–Trinajstić information content (AvgIpc) is 2.43. The second-order valence-corrected chi connectivity index (χ2v) is 5.84. The zero-order chi connectivity index (χ0) is 16.2.